The van der Waals surface area contributed by atoms with Crippen molar-refractivity contribution < 1.29 is 23.8 Å². The zero-order valence-electron chi connectivity index (χ0n) is 19.5. The molecular formula is C24H27FN4O5. The molecule has 3 rings (SSSR count). The van der Waals surface area contributed by atoms with Crippen molar-refractivity contribution in [3.63, 3.8) is 0 Å². The smallest absolute Gasteiger partial charge is 0.267 e. The normalized spacial score (nSPS) is 11.0. The van der Waals surface area contributed by atoms with Gasteiger partial charge in [0, 0.05) is 46.1 Å². The molecule has 10 heteroatoms. The van der Waals surface area contributed by atoms with Crippen LogP contribution in [0.15, 0.2) is 35.3 Å². The van der Waals surface area contributed by atoms with Crippen LogP contribution >= 0.6 is 0 Å². The highest BCUT2D eigenvalue weighted by Gasteiger charge is 2.22. The van der Waals surface area contributed by atoms with Crippen molar-refractivity contribution >= 4 is 22.8 Å². The number of ether oxygens (including phenoxy) is 1. The van der Waals surface area contributed by atoms with E-state index in [2.05, 4.69) is 10.3 Å². The van der Waals surface area contributed by atoms with E-state index in [-0.39, 0.29) is 36.6 Å². The van der Waals surface area contributed by atoms with E-state index in [1.807, 2.05) is 6.92 Å². The highest BCUT2D eigenvalue weighted by molar-refractivity contribution is 6.01. The Morgan fingerprint density at radius 1 is 1.29 bits per heavy atom. The summed E-state index contributed by atoms with van der Waals surface area (Å²) in [5.41, 5.74) is 0.791. The first-order valence-corrected chi connectivity index (χ1v) is 10.7. The summed E-state index contributed by atoms with van der Waals surface area (Å²) in [5.74, 6) is -2.06. The largest absolute Gasteiger partial charge is 0.505 e. The summed E-state index contributed by atoms with van der Waals surface area (Å²) >= 11 is 0. The second kappa shape index (κ2) is 10.4. The third kappa shape index (κ3) is 4.91. The highest BCUT2D eigenvalue weighted by atomic mass is 19.1. The summed E-state index contributed by atoms with van der Waals surface area (Å²) < 4.78 is 20.0. The van der Waals surface area contributed by atoms with E-state index in [1.165, 1.54) is 42.0 Å². The number of aryl methyl sites for hydroxylation is 1. The third-order valence-electron chi connectivity index (χ3n) is 5.60. The van der Waals surface area contributed by atoms with E-state index in [1.54, 1.807) is 19.2 Å². The molecule has 2 heterocycles. The summed E-state index contributed by atoms with van der Waals surface area (Å²) in [6, 6.07) is 5.67. The number of aromatic hydroxyl groups is 1. The van der Waals surface area contributed by atoms with E-state index in [0.29, 0.717) is 23.2 Å². The van der Waals surface area contributed by atoms with Crippen molar-refractivity contribution in [2.75, 3.05) is 33.9 Å². The molecule has 34 heavy (non-hydrogen) atoms. The van der Waals surface area contributed by atoms with Crippen LogP contribution in [0.4, 0.5) is 4.39 Å². The zero-order chi connectivity index (χ0) is 25.0. The lowest BCUT2D eigenvalue weighted by Crippen LogP contribution is -2.34. The minimum atomic E-state index is -0.725. The van der Waals surface area contributed by atoms with Crippen molar-refractivity contribution in [3.8, 4) is 5.75 Å². The number of rotatable bonds is 8. The van der Waals surface area contributed by atoms with Gasteiger partial charge < -0.3 is 24.6 Å². The first-order valence-electron chi connectivity index (χ1n) is 10.7. The van der Waals surface area contributed by atoms with Crippen molar-refractivity contribution in [2.45, 2.75) is 13.3 Å². The Kier molecular flexibility index (Phi) is 7.62. The molecule has 0 unspecified atom stereocenters. The van der Waals surface area contributed by atoms with Crippen LogP contribution in [0.3, 0.4) is 0 Å². The average molecular weight is 471 g/mol. The Bertz CT molecular complexity index is 1300. The van der Waals surface area contributed by atoms with Gasteiger partial charge in [0.05, 0.1) is 12.1 Å². The molecule has 2 aromatic heterocycles. The lowest BCUT2D eigenvalue weighted by Gasteiger charge is -2.17. The van der Waals surface area contributed by atoms with Gasteiger partial charge in [-0.15, -0.1) is 0 Å². The molecule has 0 aliphatic rings. The molecule has 180 valence electrons. The standard InChI is InChI=1S/C24H27FN4O5/c1-5-28(2)23(32)17-12-16(25)7-6-15(17)10-14-11-18-20(27-13-14)21(30)19(24(33)29(18)3)22(31)26-8-9-34-4/h6-7,11-13,30H,5,8-10H2,1-4H3,(H,26,31). The minimum Gasteiger partial charge on any atom is -0.505 e. The maximum Gasteiger partial charge on any atom is 0.267 e. The van der Waals surface area contributed by atoms with Crippen molar-refractivity contribution in [2.24, 2.45) is 7.05 Å². The number of carbonyl (C=O) groups excluding carboxylic acids is 2. The van der Waals surface area contributed by atoms with Crippen LogP contribution in [0.5, 0.6) is 5.75 Å². The number of aromatic nitrogens is 2. The Labute approximate surface area is 195 Å². The SMILES string of the molecule is CCN(C)C(=O)c1cc(F)ccc1Cc1cnc2c(O)c(C(=O)NCCOC)c(=O)n(C)c2c1. The highest BCUT2D eigenvalue weighted by Crippen LogP contribution is 2.26. The molecular weight excluding hydrogens is 443 g/mol. The fraction of sp³-hybridized carbons (Fsp3) is 0.333. The number of benzene rings is 1. The van der Waals surface area contributed by atoms with Crippen LogP contribution in [0.2, 0.25) is 0 Å². The lowest BCUT2D eigenvalue weighted by atomic mass is 9.99. The van der Waals surface area contributed by atoms with Gasteiger partial charge in [0.15, 0.2) is 5.75 Å². The summed E-state index contributed by atoms with van der Waals surface area (Å²) in [6.45, 7) is 2.72. The van der Waals surface area contributed by atoms with Crippen LogP contribution in [-0.2, 0) is 18.2 Å². The molecule has 0 radical (unpaired) electrons. The second-order valence-corrected chi connectivity index (χ2v) is 7.85. The number of fused-ring (bicyclic) bond motifs is 1. The van der Waals surface area contributed by atoms with Gasteiger partial charge in [0.25, 0.3) is 17.4 Å². The molecule has 2 N–H and O–H groups in total. The van der Waals surface area contributed by atoms with Gasteiger partial charge in [-0.3, -0.25) is 19.4 Å². The quantitative estimate of drug-likeness (QED) is 0.486. The zero-order valence-corrected chi connectivity index (χ0v) is 19.5. The van der Waals surface area contributed by atoms with E-state index in [0.717, 1.165) is 0 Å². The van der Waals surface area contributed by atoms with E-state index in [4.69, 9.17) is 4.74 Å². The predicted octanol–water partition coefficient (Wildman–Crippen LogP) is 1.84. The fourth-order valence-corrected chi connectivity index (χ4v) is 3.56. The van der Waals surface area contributed by atoms with Crippen molar-refractivity contribution in [3.05, 3.63) is 68.9 Å². The number of carbonyl (C=O) groups is 2. The minimum absolute atomic E-state index is 0.0869. The Morgan fingerprint density at radius 3 is 2.71 bits per heavy atom. The number of nitrogens with one attached hydrogen (secondary N) is 1. The Morgan fingerprint density at radius 2 is 2.03 bits per heavy atom. The monoisotopic (exact) mass is 470 g/mol. The molecule has 0 fully saturated rings. The van der Waals surface area contributed by atoms with Crippen LogP contribution in [0.25, 0.3) is 11.0 Å². The summed E-state index contributed by atoms with van der Waals surface area (Å²) in [4.78, 5) is 43.7. The van der Waals surface area contributed by atoms with Gasteiger partial charge in [-0.25, -0.2) is 4.39 Å². The summed E-state index contributed by atoms with van der Waals surface area (Å²) in [5, 5.41) is 13.2. The number of hydrogen-bond donors (Lipinski definition) is 2. The number of methoxy groups -OCH3 is 1. The molecule has 0 spiro atoms. The molecule has 0 saturated heterocycles. The van der Waals surface area contributed by atoms with E-state index in [9.17, 15) is 23.9 Å². The third-order valence-corrected chi connectivity index (χ3v) is 5.60. The van der Waals surface area contributed by atoms with Gasteiger partial charge in [0.1, 0.15) is 16.9 Å². The summed E-state index contributed by atoms with van der Waals surface area (Å²) in [7, 11) is 4.59. The molecule has 0 saturated carbocycles. The van der Waals surface area contributed by atoms with E-state index >= 15 is 0 Å². The molecule has 9 nitrogen and oxygen atoms in total. The predicted molar refractivity (Wildman–Crippen MR) is 125 cm³/mol. The first-order chi connectivity index (χ1) is 16.2. The molecule has 0 atom stereocenters. The number of pyridine rings is 2. The van der Waals surface area contributed by atoms with Gasteiger partial charge in [0.2, 0.25) is 0 Å². The average Bonchev–Trinajstić information content (AvgIpc) is 2.83. The van der Waals surface area contributed by atoms with E-state index < -0.39 is 28.6 Å². The maximum absolute atomic E-state index is 13.9. The van der Waals surface area contributed by atoms with Gasteiger partial charge >= 0.3 is 0 Å². The fourth-order valence-electron chi connectivity index (χ4n) is 3.56. The lowest BCUT2D eigenvalue weighted by molar-refractivity contribution is 0.0800. The van der Waals surface area contributed by atoms with Crippen LogP contribution in [0, 0.1) is 5.82 Å². The number of amides is 2. The van der Waals surface area contributed by atoms with Gasteiger partial charge in [-0.1, -0.05) is 6.07 Å². The number of halogens is 1. The Balaban J connectivity index is 2.03. The van der Waals surface area contributed by atoms with Crippen molar-refractivity contribution in [1.82, 2.24) is 19.8 Å². The van der Waals surface area contributed by atoms with Crippen LogP contribution in [-0.4, -0.2) is 65.2 Å². The molecule has 2 amide bonds. The van der Waals surface area contributed by atoms with Gasteiger partial charge in [-0.2, -0.15) is 0 Å². The number of nitrogens with zero attached hydrogens (tertiary/aromatic N) is 3. The van der Waals surface area contributed by atoms with Gasteiger partial charge in [-0.05, 0) is 42.7 Å². The summed E-state index contributed by atoms with van der Waals surface area (Å²) in [6.07, 6.45) is 1.73. The second-order valence-electron chi connectivity index (χ2n) is 7.85. The Hall–Kier alpha value is -3.79. The number of hydrogen-bond acceptors (Lipinski definition) is 6. The van der Waals surface area contributed by atoms with Crippen LogP contribution in [0.1, 0.15) is 38.8 Å². The van der Waals surface area contributed by atoms with Crippen molar-refractivity contribution in [1.29, 1.82) is 0 Å². The molecule has 3 aromatic rings. The molecule has 1 aromatic carbocycles. The molecule has 0 aliphatic heterocycles. The molecule has 0 bridgehead atoms. The maximum atomic E-state index is 13.9. The van der Waals surface area contributed by atoms with Crippen LogP contribution < -0.4 is 10.9 Å². The molecule has 0 aliphatic carbocycles. The topological polar surface area (TPSA) is 114 Å². The first kappa shape index (κ1) is 24.8.